The summed E-state index contributed by atoms with van der Waals surface area (Å²) >= 11 is 0. The van der Waals surface area contributed by atoms with Crippen LogP contribution in [0.3, 0.4) is 0 Å². The lowest BCUT2D eigenvalue weighted by Gasteiger charge is -2.36. The van der Waals surface area contributed by atoms with Crippen LogP contribution in [0.5, 0.6) is 5.88 Å². The van der Waals surface area contributed by atoms with Crippen molar-refractivity contribution in [2.45, 2.75) is 12.8 Å². The molecule has 0 unspecified atom stereocenters. The van der Waals surface area contributed by atoms with Crippen LogP contribution in [0.4, 0.5) is 10.5 Å². The minimum Gasteiger partial charge on any atom is -0.391 e. The van der Waals surface area contributed by atoms with Gasteiger partial charge in [0.05, 0.1) is 11.9 Å². The minimum absolute atomic E-state index is 0.0631. The predicted molar refractivity (Wildman–Crippen MR) is 145 cm³/mol. The van der Waals surface area contributed by atoms with Crippen molar-refractivity contribution in [3.05, 3.63) is 102 Å². The van der Waals surface area contributed by atoms with Crippen molar-refractivity contribution >= 4 is 28.5 Å². The number of hydrogen-bond donors (Lipinski definition) is 1. The van der Waals surface area contributed by atoms with Gasteiger partial charge in [0, 0.05) is 44.4 Å². The van der Waals surface area contributed by atoms with Crippen LogP contribution in [0.25, 0.3) is 10.8 Å². The molecule has 188 valence electrons. The summed E-state index contributed by atoms with van der Waals surface area (Å²) in [6, 6.07) is 27.6. The maximum Gasteiger partial charge on any atom is 0.413 e. The normalized spacial score (nSPS) is 13.4. The largest absolute Gasteiger partial charge is 0.413 e. The standard InChI is InChI=1S/C30H30N4O3/c35-29(27-14-6-12-24-11-4-5-13-26(24)27)34-20-18-33(19-21-34)25-15-16-28(32-22-25)37-30(36)31-17-7-10-23-8-2-1-3-9-23/h1-6,8-9,11-16,22H,7,10,17-21H2,(H,31,36). The van der Waals surface area contributed by atoms with E-state index in [0.29, 0.717) is 32.7 Å². The molecule has 1 N–H and O–H groups in total. The highest BCUT2D eigenvalue weighted by Crippen LogP contribution is 2.22. The Bertz CT molecular complexity index is 1350. The van der Waals surface area contributed by atoms with Crippen molar-refractivity contribution in [1.29, 1.82) is 0 Å². The van der Waals surface area contributed by atoms with E-state index in [9.17, 15) is 9.59 Å². The molecule has 0 spiro atoms. The number of aromatic nitrogens is 1. The van der Waals surface area contributed by atoms with Gasteiger partial charge in [-0.15, -0.1) is 0 Å². The van der Waals surface area contributed by atoms with Crippen LogP contribution >= 0.6 is 0 Å². The number of nitrogens with one attached hydrogen (secondary N) is 1. The van der Waals surface area contributed by atoms with Gasteiger partial charge in [0.25, 0.3) is 5.91 Å². The SMILES string of the molecule is O=C(NCCCc1ccccc1)Oc1ccc(N2CCN(C(=O)c3cccc4ccccc34)CC2)cn1. The Labute approximate surface area is 216 Å². The van der Waals surface area contributed by atoms with Crippen molar-refractivity contribution in [2.24, 2.45) is 0 Å². The van der Waals surface area contributed by atoms with Gasteiger partial charge in [0.15, 0.2) is 0 Å². The average Bonchev–Trinajstić information content (AvgIpc) is 2.96. The highest BCUT2D eigenvalue weighted by molar-refractivity contribution is 6.07. The Morgan fingerprint density at radius 3 is 2.38 bits per heavy atom. The molecule has 0 saturated carbocycles. The maximum atomic E-state index is 13.2. The summed E-state index contributed by atoms with van der Waals surface area (Å²) in [4.78, 5) is 33.7. The Balaban J connectivity index is 1.09. The van der Waals surface area contributed by atoms with Crippen LogP contribution in [0.1, 0.15) is 22.3 Å². The summed E-state index contributed by atoms with van der Waals surface area (Å²) in [7, 11) is 0. The molecule has 3 aromatic carbocycles. The van der Waals surface area contributed by atoms with Gasteiger partial charge in [-0.3, -0.25) is 4.79 Å². The smallest absolute Gasteiger partial charge is 0.391 e. The molecule has 1 aromatic heterocycles. The van der Waals surface area contributed by atoms with E-state index in [0.717, 1.165) is 34.9 Å². The molecule has 2 amide bonds. The van der Waals surface area contributed by atoms with Crippen molar-refractivity contribution in [1.82, 2.24) is 15.2 Å². The van der Waals surface area contributed by atoms with Gasteiger partial charge >= 0.3 is 6.09 Å². The molecule has 7 nitrogen and oxygen atoms in total. The second-order valence-corrected chi connectivity index (χ2v) is 9.07. The average molecular weight is 495 g/mol. The lowest BCUT2D eigenvalue weighted by molar-refractivity contribution is 0.0748. The summed E-state index contributed by atoms with van der Waals surface area (Å²) in [6.07, 6.45) is 2.93. The molecule has 4 aromatic rings. The molecule has 7 heteroatoms. The van der Waals surface area contributed by atoms with E-state index >= 15 is 0 Å². The van der Waals surface area contributed by atoms with Gasteiger partial charge in [0.1, 0.15) is 0 Å². The molecule has 1 aliphatic rings. The van der Waals surface area contributed by atoms with Crippen molar-refractivity contribution in [3.63, 3.8) is 0 Å². The molecule has 0 atom stereocenters. The number of aryl methyl sites for hydroxylation is 1. The van der Waals surface area contributed by atoms with E-state index in [4.69, 9.17) is 4.74 Å². The molecule has 1 saturated heterocycles. The lowest BCUT2D eigenvalue weighted by atomic mass is 10.0. The molecule has 0 aliphatic carbocycles. The number of anilines is 1. The van der Waals surface area contributed by atoms with E-state index in [1.807, 2.05) is 71.6 Å². The van der Waals surface area contributed by atoms with Crippen LogP contribution in [0, 0.1) is 0 Å². The van der Waals surface area contributed by atoms with Crippen molar-refractivity contribution in [2.75, 3.05) is 37.6 Å². The van der Waals surface area contributed by atoms with E-state index < -0.39 is 6.09 Å². The molecule has 0 radical (unpaired) electrons. The van der Waals surface area contributed by atoms with Crippen molar-refractivity contribution < 1.29 is 14.3 Å². The summed E-state index contributed by atoms with van der Waals surface area (Å²) in [5.74, 6) is 0.321. The topological polar surface area (TPSA) is 74.8 Å². The van der Waals surface area contributed by atoms with E-state index in [2.05, 4.69) is 27.3 Å². The van der Waals surface area contributed by atoms with Gasteiger partial charge in [-0.25, -0.2) is 9.78 Å². The number of ether oxygens (including phenoxy) is 1. The number of nitrogens with zero attached hydrogens (tertiary/aromatic N) is 3. The predicted octanol–water partition coefficient (Wildman–Crippen LogP) is 4.92. The Kier molecular flexibility index (Phi) is 7.60. The van der Waals surface area contributed by atoms with Gasteiger partial charge < -0.3 is 19.9 Å². The van der Waals surface area contributed by atoms with Crippen LogP contribution in [-0.2, 0) is 6.42 Å². The number of piperazine rings is 1. The van der Waals surface area contributed by atoms with Crippen LogP contribution < -0.4 is 15.0 Å². The summed E-state index contributed by atoms with van der Waals surface area (Å²) in [5, 5.41) is 4.82. The molecular formula is C30H30N4O3. The van der Waals surface area contributed by atoms with Gasteiger partial charge in [-0.1, -0.05) is 66.7 Å². The minimum atomic E-state index is -0.506. The quantitative estimate of drug-likeness (QED) is 0.369. The van der Waals surface area contributed by atoms with Gasteiger partial charge in [-0.05, 0) is 41.3 Å². The number of pyridine rings is 1. The zero-order valence-corrected chi connectivity index (χ0v) is 20.7. The fraction of sp³-hybridized carbons (Fsp3) is 0.233. The maximum absolute atomic E-state index is 13.2. The number of amides is 2. The third-order valence-corrected chi connectivity index (χ3v) is 6.62. The second-order valence-electron chi connectivity index (χ2n) is 9.07. The highest BCUT2D eigenvalue weighted by Gasteiger charge is 2.23. The monoisotopic (exact) mass is 494 g/mol. The zero-order valence-electron chi connectivity index (χ0n) is 20.7. The number of carbonyl (C=O) groups is 2. The van der Waals surface area contributed by atoms with Crippen molar-refractivity contribution in [3.8, 4) is 5.88 Å². The molecular weight excluding hydrogens is 464 g/mol. The Hall–Kier alpha value is -4.39. The van der Waals surface area contributed by atoms with E-state index in [-0.39, 0.29) is 11.8 Å². The fourth-order valence-electron chi connectivity index (χ4n) is 4.63. The fourth-order valence-corrected chi connectivity index (χ4v) is 4.63. The van der Waals surface area contributed by atoms with Crippen LogP contribution in [0.2, 0.25) is 0 Å². The lowest BCUT2D eigenvalue weighted by Crippen LogP contribution is -2.48. The number of carbonyl (C=O) groups excluding carboxylic acids is 2. The molecule has 1 fully saturated rings. The molecule has 5 rings (SSSR count). The number of hydrogen-bond acceptors (Lipinski definition) is 5. The highest BCUT2D eigenvalue weighted by atomic mass is 16.6. The first-order chi connectivity index (χ1) is 18.2. The van der Waals surface area contributed by atoms with E-state index in [1.165, 1.54) is 5.56 Å². The first-order valence-electron chi connectivity index (χ1n) is 12.6. The first kappa shape index (κ1) is 24.3. The Morgan fingerprint density at radius 2 is 1.59 bits per heavy atom. The second kappa shape index (κ2) is 11.6. The van der Waals surface area contributed by atoms with Gasteiger partial charge in [0.2, 0.25) is 5.88 Å². The summed E-state index contributed by atoms with van der Waals surface area (Å²) in [6.45, 7) is 3.21. The zero-order chi connectivity index (χ0) is 25.5. The molecule has 1 aliphatic heterocycles. The first-order valence-corrected chi connectivity index (χ1v) is 12.6. The molecule has 0 bridgehead atoms. The Morgan fingerprint density at radius 1 is 0.838 bits per heavy atom. The number of benzene rings is 3. The molecule has 2 heterocycles. The van der Waals surface area contributed by atoms with E-state index in [1.54, 1.807) is 12.3 Å². The number of fused-ring (bicyclic) bond motifs is 1. The third-order valence-electron chi connectivity index (χ3n) is 6.62. The van der Waals surface area contributed by atoms with Crippen LogP contribution in [-0.4, -0.2) is 54.6 Å². The van der Waals surface area contributed by atoms with Gasteiger partial charge in [-0.2, -0.15) is 0 Å². The number of rotatable bonds is 7. The molecule has 37 heavy (non-hydrogen) atoms. The van der Waals surface area contributed by atoms with Crippen LogP contribution in [0.15, 0.2) is 91.1 Å². The summed E-state index contributed by atoms with van der Waals surface area (Å²) < 4.78 is 5.31. The summed E-state index contributed by atoms with van der Waals surface area (Å²) in [5.41, 5.74) is 2.93. The third kappa shape index (κ3) is 6.06.